The number of rotatable bonds is 8. The molecule has 0 aromatic rings. The SMILES string of the molecule is C=CCC#CCCCCCCCCC. The topological polar surface area (TPSA) is 0 Å². The molecular weight excluding hydrogens is 168 g/mol. The smallest absolute Gasteiger partial charge is 0.0267 e. The van der Waals surface area contributed by atoms with Crippen LogP contribution in [-0.4, -0.2) is 0 Å². The van der Waals surface area contributed by atoms with Gasteiger partial charge in [-0.1, -0.05) is 57.4 Å². The number of allylic oxidation sites excluding steroid dienone is 1. The van der Waals surface area contributed by atoms with Crippen molar-refractivity contribution in [3.63, 3.8) is 0 Å². The van der Waals surface area contributed by atoms with Gasteiger partial charge >= 0.3 is 0 Å². The van der Waals surface area contributed by atoms with Gasteiger partial charge in [0.25, 0.3) is 0 Å². The fraction of sp³-hybridized carbons (Fsp3) is 0.714. The van der Waals surface area contributed by atoms with Crippen molar-refractivity contribution in [2.45, 2.75) is 64.7 Å². The summed E-state index contributed by atoms with van der Waals surface area (Å²) in [7, 11) is 0. The summed E-state index contributed by atoms with van der Waals surface area (Å²) in [4.78, 5) is 0. The van der Waals surface area contributed by atoms with Gasteiger partial charge in [-0.2, -0.15) is 0 Å². The Balaban J connectivity index is 2.99. The highest BCUT2D eigenvalue weighted by atomic mass is 13.9. The van der Waals surface area contributed by atoms with E-state index in [1.165, 1.54) is 44.9 Å². The third-order valence-electron chi connectivity index (χ3n) is 2.28. The minimum Gasteiger partial charge on any atom is -0.103 e. The van der Waals surface area contributed by atoms with E-state index in [1.54, 1.807) is 0 Å². The molecule has 0 N–H and O–H groups in total. The third kappa shape index (κ3) is 11.3. The first-order chi connectivity index (χ1) is 6.91. The summed E-state index contributed by atoms with van der Waals surface area (Å²) in [5.41, 5.74) is 0. The molecule has 0 heteroatoms. The van der Waals surface area contributed by atoms with E-state index < -0.39 is 0 Å². The van der Waals surface area contributed by atoms with Gasteiger partial charge in [0.1, 0.15) is 0 Å². The molecule has 80 valence electrons. The van der Waals surface area contributed by atoms with Gasteiger partial charge in [0.2, 0.25) is 0 Å². The molecule has 0 radical (unpaired) electrons. The van der Waals surface area contributed by atoms with Crippen molar-refractivity contribution < 1.29 is 0 Å². The lowest BCUT2D eigenvalue weighted by molar-refractivity contribution is 0.594. The zero-order valence-electron chi connectivity index (χ0n) is 9.65. The summed E-state index contributed by atoms with van der Waals surface area (Å²) in [5, 5.41) is 0. The first-order valence-electron chi connectivity index (χ1n) is 5.98. The maximum Gasteiger partial charge on any atom is 0.0267 e. The lowest BCUT2D eigenvalue weighted by atomic mass is 10.1. The van der Waals surface area contributed by atoms with E-state index in [-0.39, 0.29) is 0 Å². The van der Waals surface area contributed by atoms with Crippen LogP contribution < -0.4 is 0 Å². The van der Waals surface area contributed by atoms with Crippen LogP contribution in [0.15, 0.2) is 12.7 Å². The van der Waals surface area contributed by atoms with E-state index >= 15 is 0 Å². The van der Waals surface area contributed by atoms with Gasteiger partial charge < -0.3 is 0 Å². The van der Waals surface area contributed by atoms with Gasteiger partial charge in [-0.3, -0.25) is 0 Å². The molecule has 0 saturated heterocycles. The van der Waals surface area contributed by atoms with E-state index in [0.29, 0.717) is 0 Å². The lowest BCUT2D eigenvalue weighted by Crippen LogP contribution is -1.78. The Bertz CT molecular complexity index is 168. The summed E-state index contributed by atoms with van der Waals surface area (Å²) in [6.45, 7) is 5.89. The fourth-order valence-corrected chi connectivity index (χ4v) is 1.40. The molecule has 0 fully saturated rings. The summed E-state index contributed by atoms with van der Waals surface area (Å²) in [5.74, 6) is 6.25. The van der Waals surface area contributed by atoms with Crippen LogP contribution in [0.2, 0.25) is 0 Å². The number of hydrogen-bond donors (Lipinski definition) is 0. The van der Waals surface area contributed by atoms with Crippen LogP contribution in [0.25, 0.3) is 0 Å². The predicted octanol–water partition coefficient (Wildman–Crippen LogP) is 4.71. The zero-order valence-corrected chi connectivity index (χ0v) is 9.65. The van der Waals surface area contributed by atoms with Crippen LogP contribution in [0.1, 0.15) is 64.7 Å². The molecule has 14 heavy (non-hydrogen) atoms. The normalized spacial score (nSPS) is 9.21. The molecule has 0 aromatic carbocycles. The Labute approximate surface area is 89.8 Å². The quantitative estimate of drug-likeness (QED) is 0.297. The van der Waals surface area contributed by atoms with E-state index in [4.69, 9.17) is 0 Å². The highest BCUT2D eigenvalue weighted by molar-refractivity contribution is 5.02. The molecule has 0 spiro atoms. The van der Waals surface area contributed by atoms with Crippen molar-refractivity contribution in [2.75, 3.05) is 0 Å². The van der Waals surface area contributed by atoms with Gasteiger partial charge in [-0.15, -0.1) is 12.5 Å². The largest absolute Gasteiger partial charge is 0.103 e. The second-order valence-electron chi connectivity index (χ2n) is 3.72. The maximum atomic E-state index is 3.63. The minimum atomic E-state index is 0.844. The van der Waals surface area contributed by atoms with Crippen LogP contribution in [0.3, 0.4) is 0 Å². The van der Waals surface area contributed by atoms with Crippen molar-refractivity contribution in [3.05, 3.63) is 12.7 Å². The van der Waals surface area contributed by atoms with E-state index in [9.17, 15) is 0 Å². The first kappa shape index (κ1) is 13.3. The second-order valence-corrected chi connectivity index (χ2v) is 3.72. The molecule has 0 nitrogen and oxygen atoms in total. The minimum absolute atomic E-state index is 0.844. The Morgan fingerprint density at radius 2 is 1.57 bits per heavy atom. The molecule has 0 heterocycles. The fourth-order valence-electron chi connectivity index (χ4n) is 1.40. The second kappa shape index (κ2) is 12.3. The maximum absolute atomic E-state index is 3.63. The molecule has 0 amide bonds. The van der Waals surface area contributed by atoms with Crippen LogP contribution >= 0.6 is 0 Å². The Kier molecular flexibility index (Phi) is 11.7. The average molecular weight is 192 g/mol. The highest BCUT2D eigenvalue weighted by Crippen LogP contribution is 2.07. The Hall–Kier alpha value is -0.700. The van der Waals surface area contributed by atoms with E-state index in [2.05, 4.69) is 25.3 Å². The summed E-state index contributed by atoms with van der Waals surface area (Å²) < 4.78 is 0. The molecule has 0 aliphatic heterocycles. The van der Waals surface area contributed by atoms with Crippen LogP contribution in [0.5, 0.6) is 0 Å². The number of unbranched alkanes of at least 4 members (excludes halogenated alkanes) is 7. The van der Waals surface area contributed by atoms with Gasteiger partial charge in [0.15, 0.2) is 0 Å². The van der Waals surface area contributed by atoms with Crippen molar-refractivity contribution in [1.82, 2.24) is 0 Å². The summed E-state index contributed by atoms with van der Waals surface area (Å²) in [6, 6.07) is 0. The van der Waals surface area contributed by atoms with Crippen LogP contribution in [-0.2, 0) is 0 Å². The molecular formula is C14H24. The number of hydrogen-bond acceptors (Lipinski definition) is 0. The predicted molar refractivity (Wildman–Crippen MR) is 65.2 cm³/mol. The average Bonchev–Trinajstić information content (AvgIpc) is 2.21. The molecule has 0 rings (SSSR count). The molecule has 0 unspecified atom stereocenters. The highest BCUT2D eigenvalue weighted by Gasteiger charge is 1.88. The lowest BCUT2D eigenvalue weighted by Gasteiger charge is -1.97. The molecule has 0 aliphatic carbocycles. The zero-order chi connectivity index (χ0) is 10.5. The molecule has 0 saturated carbocycles. The van der Waals surface area contributed by atoms with Crippen LogP contribution in [0.4, 0.5) is 0 Å². The summed E-state index contributed by atoms with van der Waals surface area (Å²) >= 11 is 0. The van der Waals surface area contributed by atoms with Gasteiger partial charge in [0.05, 0.1) is 0 Å². The Morgan fingerprint density at radius 3 is 2.21 bits per heavy atom. The van der Waals surface area contributed by atoms with Crippen molar-refractivity contribution >= 4 is 0 Å². The standard InChI is InChI=1S/C14H24/c1-3-5-7-9-11-13-14-12-10-8-6-4-2/h3H,1,4-6,8,10-14H2,2H3. The third-order valence-corrected chi connectivity index (χ3v) is 2.28. The summed E-state index contributed by atoms with van der Waals surface area (Å²) in [6.07, 6.45) is 13.4. The molecule has 0 aliphatic rings. The monoisotopic (exact) mass is 192 g/mol. The van der Waals surface area contributed by atoms with Gasteiger partial charge in [0, 0.05) is 12.8 Å². The molecule has 0 atom stereocenters. The van der Waals surface area contributed by atoms with Crippen LogP contribution in [0, 0.1) is 11.8 Å². The molecule has 0 aromatic heterocycles. The van der Waals surface area contributed by atoms with Gasteiger partial charge in [-0.25, -0.2) is 0 Å². The molecule has 0 bridgehead atoms. The van der Waals surface area contributed by atoms with E-state index in [0.717, 1.165) is 12.8 Å². The van der Waals surface area contributed by atoms with Crippen molar-refractivity contribution in [1.29, 1.82) is 0 Å². The van der Waals surface area contributed by atoms with Gasteiger partial charge in [-0.05, 0) is 6.42 Å². The Morgan fingerprint density at radius 1 is 0.929 bits per heavy atom. The van der Waals surface area contributed by atoms with Crippen molar-refractivity contribution in [3.8, 4) is 11.8 Å². The van der Waals surface area contributed by atoms with Crippen molar-refractivity contribution in [2.24, 2.45) is 0 Å². The van der Waals surface area contributed by atoms with E-state index in [1.807, 2.05) is 6.08 Å². The first-order valence-corrected chi connectivity index (χ1v) is 5.98.